The van der Waals surface area contributed by atoms with Crippen LogP contribution in [0.4, 0.5) is 4.79 Å². The van der Waals surface area contributed by atoms with Crippen molar-refractivity contribution in [3.8, 4) is 0 Å². The van der Waals surface area contributed by atoms with Crippen molar-refractivity contribution in [2.24, 2.45) is 5.73 Å². The molecule has 0 bridgehead atoms. The second-order valence-electron chi connectivity index (χ2n) is 2.63. The SMILES string of the molecule is CC(OC(N)=O)c1ccc(Br)cc1. The zero-order valence-corrected chi connectivity index (χ0v) is 8.74. The number of carbonyl (C=O) groups is 1. The topological polar surface area (TPSA) is 52.3 Å². The van der Waals surface area contributed by atoms with Gasteiger partial charge in [0.15, 0.2) is 0 Å². The summed E-state index contributed by atoms with van der Waals surface area (Å²) in [5.41, 5.74) is 5.81. The van der Waals surface area contributed by atoms with Crippen LogP contribution in [0.15, 0.2) is 28.7 Å². The predicted molar refractivity (Wildman–Crippen MR) is 53.2 cm³/mol. The highest BCUT2D eigenvalue weighted by atomic mass is 79.9. The first-order valence-corrected chi connectivity index (χ1v) is 4.60. The minimum Gasteiger partial charge on any atom is -0.442 e. The molecule has 0 aliphatic carbocycles. The van der Waals surface area contributed by atoms with E-state index in [0.717, 1.165) is 10.0 Å². The van der Waals surface area contributed by atoms with E-state index >= 15 is 0 Å². The van der Waals surface area contributed by atoms with Crippen molar-refractivity contribution in [3.05, 3.63) is 34.3 Å². The van der Waals surface area contributed by atoms with Crippen molar-refractivity contribution >= 4 is 22.0 Å². The number of hydrogen-bond acceptors (Lipinski definition) is 2. The van der Waals surface area contributed by atoms with Crippen LogP contribution in [0, 0.1) is 0 Å². The molecule has 0 saturated heterocycles. The molecule has 0 fully saturated rings. The minimum atomic E-state index is -0.754. The molecular weight excluding hydrogens is 234 g/mol. The molecule has 3 nitrogen and oxygen atoms in total. The largest absolute Gasteiger partial charge is 0.442 e. The summed E-state index contributed by atoms with van der Waals surface area (Å²) in [5.74, 6) is 0. The van der Waals surface area contributed by atoms with Gasteiger partial charge in [-0.25, -0.2) is 4.79 Å². The van der Waals surface area contributed by atoms with Gasteiger partial charge in [-0.1, -0.05) is 28.1 Å². The third-order valence-electron chi connectivity index (χ3n) is 1.63. The Labute approximate surface area is 85.0 Å². The van der Waals surface area contributed by atoms with Gasteiger partial charge in [0, 0.05) is 4.47 Å². The third kappa shape index (κ3) is 3.06. The number of ether oxygens (including phenoxy) is 1. The van der Waals surface area contributed by atoms with Gasteiger partial charge in [0.05, 0.1) is 0 Å². The van der Waals surface area contributed by atoms with Crippen LogP contribution < -0.4 is 5.73 Å². The van der Waals surface area contributed by atoms with E-state index in [1.165, 1.54) is 0 Å². The van der Waals surface area contributed by atoms with E-state index in [-0.39, 0.29) is 6.10 Å². The molecular formula is C9H10BrNO2. The van der Waals surface area contributed by atoms with Crippen molar-refractivity contribution in [2.75, 3.05) is 0 Å². The summed E-state index contributed by atoms with van der Waals surface area (Å²) in [6, 6.07) is 7.52. The number of rotatable bonds is 2. The van der Waals surface area contributed by atoms with Crippen molar-refractivity contribution in [1.82, 2.24) is 0 Å². The standard InChI is InChI=1S/C9H10BrNO2/c1-6(13-9(11)12)7-2-4-8(10)5-3-7/h2-6H,1H3,(H2,11,12). The van der Waals surface area contributed by atoms with E-state index < -0.39 is 6.09 Å². The maximum atomic E-state index is 10.4. The monoisotopic (exact) mass is 243 g/mol. The molecule has 1 rings (SSSR count). The van der Waals surface area contributed by atoms with Crippen molar-refractivity contribution in [2.45, 2.75) is 13.0 Å². The highest BCUT2D eigenvalue weighted by Gasteiger charge is 2.07. The van der Waals surface area contributed by atoms with E-state index in [2.05, 4.69) is 15.9 Å². The first-order valence-electron chi connectivity index (χ1n) is 3.81. The van der Waals surface area contributed by atoms with Crippen LogP contribution in [0.25, 0.3) is 0 Å². The lowest BCUT2D eigenvalue weighted by atomic mass is 10.1. The fourth-order valence-electron chi connectivity index (χ4n) is 0.976. The molecule has 0 heterocycles. The lowest BCUT2D eigenvalue weighted by Crippen LogP contribution is -2.15. The molecule has 2 N–H and O–H groups in total. The van der Waals surface area contributed by atoms with E-state index in [1.807, 2.05) is 24.3 Å². The Morgan fingerprint density at radius 2 is 2.00 bits per heavy atom. The maximum absolute atomic E-state index is 10.4. The predicted octanol–water partition coefficient (Wildman–Crippen LogP) is 2.61. The number of nitrogens with two attached hydrogens (primary N) is 1. The zero-order chi connectivity index (χ0) is 9.84. The smallest absolute Gasteiger partial charge is 0.405 e. The summed E-state index contributed by atoms with van der Waals surface area (Å²) >= 11 is 3.31. The number of primary amides is 1. The van der Waals surface area contributed by atoms with Gasteiger partial charge in [0.1, 0.15) is 6.10 Å². The quantitative estimate of drug-likeness (QED) is 0.869. The number of amides is 1. The van der Waals surface area contributed by atoms with Gasteiger partial charge in [0.2, 0.25) is 0 Å². The van der Waals surface area contributed by atoms with Gasteiger partial charge in [0.25, 0.3) is 0 Å². The average Bonchev–Trinajstić information content (AvgIpc) is 2.04. The molecule has 1 aromatic rings. The summed E-state index contributed by atoms with van der Waals surface area (Å²) in [4.78, 5) is 10.4. The molecule has 13 heavy (non-hydrogen) atoms. The molecule has 0 radical (unpaired) electrons. The molecule has 1 aromatic carbocycles. The summed E-state index contributed by atoms with van der Waals surface area (Å²) in [7, 11) is 0. The number of halogens is 1. The molecule has 0 aliphatic rings. The Morgan fingerprint density at radius 1 is 1.46 bits per heavy atom. The lowest BCUT2D eigenvalue weighted by molar-refractivity contribution is 0.116. The molecule has 1 atom stereocenters. The van der Waals surface area contributed by atoms with Crippen LogP contribution in [0.1, 0.15) is 18.6 Å². The Kier molecular flexibility index (Phi) is 3.31. The fraction of sp³-hybridized carbons (Fsp3) is 0.222. The number of carbonyl (C=O) groups excluding carboxylic acids is 1. The van der Waals surface area contributed by atoms with Gasteiger partial charge in [-0.15, -0.1) is 0 Å². The molecule has 0 aromatic heterocycles. The van der Waals surface area contributed by atoms with Crippen LogP contribution in [-0.4, -0.2) is 6.09 Å². The first-order chi connectivity index (χ1) is 6.09. The molecule has 1 unspecified atom stereocenters. The van der Waals surface area contributed by atoms with Gasteiger partial charge in [-0.05, 0) is 24.6 Å². The van der Waals surface area contributed by atoms with Crippen LogP contribution in [-0.2, 0) is 4.74 Å². The van der Waals surface area contributed by atoms with E-state index in [1.54, 1.807) is 6.92 Å². The summed E-state index contributed by atoms with van der Waals surface area (Å²) in [6.45, 7) is 1.77. The van der Waals surface area contributed by atoms with E-state index in [0.29, 0.717) is 0 Å². The fourth-order valence-corrected chi connectivity index (χ4v) is 1.24. The highest BCUT2D eigenvalue weighted by molar-refractivity contribution is 9.10. The Bertz CT molecular complexity index is 297. The molecule has 0 spiro atoms. The van der Waals surface area contributed by atoms with Gasteiger partial charge in [-0.2, -0.15) is 0 Å². The Morgan fingerprint density at radius 3 is 2.46 bits per heavy atom. The average molecular weight is 244 g/mol. The van der Waals surface area contributed by atoms with Gasteiger partial charge >= 0.3 is 6.09 Å². The molecule has 0 saturated carbocycles. The van der Waals surface area contributed by atoms with Gasteiger partial charge in [-0.3, -0.25) is 0 Å². The van der Waals surface area contributed by atoms with E-state index in [4.69, 9.17) is 10.5 Å². The van der Waals surface area contributed by atoms with Crippen molar-refractivity contribution < 1.29 is 9.53 Å². The second kappa shape index (κ2) is 4.28. The highest BCUT2D eigenvalue weighted by Crippen LogP contribution is 2.19. The number of benzene rings is 1. The van der Waals surface area contributed by atoms with Crippen LogP contribution in [0.2, 0.25) is 0 Å². The Hall–Kier alpha value is -1.03. The third-order valence-corrected chi connectivity index (χ3v) is 2.16. The zero-order valence-electron chi connectivity index (χ0n) is 7.16. The Balaban J connectivity index is 2.71. The summed E-state index contributed by atoms with van der Waals surface area (Å²) in [6.07, 6.45) is -1.05. The van der Waals surface area contributed by atoms with Crippen LogP contribution >= 0.6 is 15.9 Å². The second-order valence-corrected chi connectivity index (χ2v) is 3.55. The normalized spacial score (nSPS) is 12.2. The van der Waals surface area contributed by atoms with Crippen LogP contribution in [0.5, 0.6) is 0 Å². The molecule has 4 heteroatoms. The lowest BCUT2D eigenvalue weighted by Gasteiger charge is -2.11. The van der Waals surface area contributed by atoms with Gasteiger partial charge < -0.3 is 10.5 Å². The van der Waals surface area contributed by atoms with Crippen LogP contribution in [0.3, 0.4) is 0 Å². The summed E-state index contributed by atoms with van der Waals surface area (Å²) in [5, 5.41) is 0. The number of hydrogen-bond donors (Lipinski definition) is 1. The maximum Gasteiger partial charge on any atom is 0.405 e. The van der Waals surface area contributed by atoms with E-state index in [9.17, 15) is 4.79 Å². The van der Waals surface area contributed by atoms with Crippen molar-refractivity contribution in [3.63, 3.8) is 0 Å². The minimum absolute atomic E-state index is 0.300. The van der Waals surface area contributed by atoms with Crippen molar-refractivity contribution in [1.29, 1.82) is 0 Å². The summed E-state index contributed by atoms with van der Waals surface area (Å²) < 4.78 is 5.79. The first kappa shape index (κ1) is 10.1. The molecule has 1 amide bonds. The molecule has 0 aliphatic heterocycles. The molecule has 70 valence electrons.